The molecule has 100 valence electrons. The van der Waals surface area contributed by atoms with Gasteiger partial charge in [0.15, 0.2) is 0 Å². The first-order valence-electron chi connectivity index (χ1n) is 6.06. The molecule has 0 aromatic rings. The number of ether oxygens (including phenoxy) is 1. The second-order valence-corrected chi connectivity index (χ2v) is 4.56. The Morgan fingerprint density at radius 1 is 1.29 bits per heavy atom. The van der Waals surface area contributed by atoms with E-state index in [0.717, 1.165) is 39.1 Å². The monoisotopic (exact) mass is 263 g/mol. The van der Waals surface area contributed by atoms with Crippen LogP contribution in [0.4, 0.5) is 0 Å². The van der Waals surface area contributed by atoms with Crippen molar-refractivity contribution in [2.24, 2.45) is 0 Å². The van der Waals surface area contributed by atoms with Crippen LogP contribution in [0.2, 0.25) is 0 Å². The summed E-state index contributed by atoms with van der Waals surface area (Å²) in [5, 5.41) is 3.22. The van der Waals surface area contributed by atoms with E-state index in [1.807, 2.05) is 4.90 Å². The van der Waals surface area contributed by atoms with Gasteiger partial charge in [-0.05, 0) is 20.0 Å². The topological polar surface area (TPSA) is 44.8 Å². The molecule has 0 aliphatic carbocycles. The summed E-state index contributed by atoms with van der Waals surface area (Å²) in [5.41, 5.74) is 0. The van der Waals surface area contributed by atoms with Gasteiger partial charge in [0.25, 0.3) is 0 Å². The fraction of sp³-hybridized carbons (Fsp3) is 0.909. The Morgan fingerprint density at radius 3 is 2.82 bits per heavy atom. The number of morpholine rings is 1. The summed E-state index contributed by atoms with van der Waals surface area (Å²) in [7, 11) is 2.11. The number of carbonyl (C=O) groups is 1. The molecule has 0 radical (unpaired) electrons. The quantitative estimate of drug-likeness (QED) is 0.697. The van der Waals surface area contributed by atoms with Gasteiger partial charge in [0, 0.05) is 26.2 Å². The van der Waals surface area contributed by atoms with E-state index < -0.39 is 0 Å². The summed E-state index contributed by atoms with van der Waals surface area (Å²) < 4.78 is 5.33. The molecular formula is C11H22ClN3O2. The Kier molecular flexibility index (Phi) is 6.19. The van der Waals surface area contributed by atoms with Crippen molar-refractivity contribution in [3.05, 3.63) is 0 Å². The van der Waals surface area contributed by atoms with Crippen molar-refractivity contribution in [1.29, 1.82) is 0 Å². The van der Waals surface area contributed by atoms with Gasteiger partial charge in [-0.25, -0.2) is 0 Å². The lowest BCUT2D eigenvalue weighted by Gasteiger charge is -2.29. The second-order valence-electron chi connectivity index (χ2n) is 4.56. The average Bonchev–Trinajstić information content (AvgIpc) is 2.54. The third kappa shape index (κ3) is 4.10. The standard InChI is InChI=1S/C11H21N3O2.ClH/c1-13-4-2-5-14(7-6-13)11(15)10-9-16-8-3-12-10;/h10,12H,2-9H2,1H3;1H. The van der Waals surface area contributed by atoms with Gasteiger partial charge < -0.3 is 19.9 Å². The highest BCUT2D eigenvalue weighted by Crippen LogP contribution is 2.05. The SMILES string of the molecule is CN1CCCN(C(=O)C2COCCN2)CC1.Cl. The minimum atomic E-state index is -0.128. The molecule has 2 aliphatic heterocycles. The van der Waals surface area contributed by atoms with Crippen LogP contribution in [0.25, 0.3) is 0 Å². The van der Waals surface area contributed by atoms with Crippen molar-refractivity contribution < 1.29 is 9.53 Å². The van der Waals surface area contributed by atoms with Gasteiger partial charge in [-0.2, -0.15) is 0 Å². The smallest absolute Gasteiger partial charge is 0.242 e. The van der Waals surface area contributed by atoms with Crippen molar-refractivity contribution >= 4 is 18.3 Å². The van der Waals surface area contributed by atoms with E-state index in [4.69, 9.17) is 4.74 Å². The molecule has 0 saturated carbocycles. The van der Waals surface area contributed by atoms with Crippen LogP contribution in [0.3, 0.4) is 0 Å². The first kappa shape index (κ1) is 14.7. The highest BCUT2D eigenvalue weighted by atomic mass is 35.5. The molecule has 2 fully saturated rings. The van der Waals surface area contributed by atoms with E-state index in [1.54, 1.807) is 0 Å². The van der Waals surface area contributed by atoms with Crippen LogP contribution in [0.1, 0.15) is 6.42 Å². The lowest BCUT2D eigenvalue weighted by atomic mass is 10.2. The van der Waals surface area contributed by atoms with E-state index in [9.17, 15) is 4.79 Å². The Bertz CT molecular complexity index is 247. The van der Waals surface area contributed by atoms with Gasteiger partial charge >= 0.3 is 0 Å². The average molecular weight is 264 g/mol. The minimum absolute atomic E-state index is 0. The van der Waals surface area contributed by atoms with E-state index in [2.05, 4.69) is 17.3 Å². The maximum absolute atomic E-state index is 12.2. The maximum Gasteiger partial charge on any atom is 0.242 e. The largest absolute Gasteiger partial charge is 0.378 e. The van der Waals surface area contributed by atoms with Crippen LogP contribution in [0, 0.1) is 0 Å². The molecule has 2 rings (SSSR count). The van der Waals surface area contributed by atoms with Gasteiger partial charge in [-0.3, -0.25) is 4.79 Å². The number of halogens is 1. The van der Waals surface area contributed by atoms with E-state index in [1.165, 1.54) is 0 Å². The van der Waals surface area contributed by atoms with Crippen LogP contribution in [-0.2, 0) is 9.53 Å². The number of hydrogen-bond acceptors (Lipinski definition) is 4. The third-order valence-corrected chi connectivity index (χ3v) is 3.25. The number of carbonyl (C=O) groups excluding carboxylic acids is 1. The summed E-state index contributed by atoms with van der Waals surface area (Å²) in [6.07, 6.45) is 1.07. The molecule has 1 amide bonds. The van der Waals surface area contributed by atoms with Crippen molar-refractivity contribution in [1.82, 2.24) is 15.1 Å². The van der Waals surface area contributed by atoms with E-state index in [-0.39, 0.29) is 24.4 Å². The summed E-state index contributed by atoms with van der Waals surface area (Å²) in [4.78, 5) is 16.4. The normalized spacial score (nSPS) is 27.1. The van der Waals surface area contributed by atoms with Gasteiger partial charge in [0.2, 0.25) is 5.91 Å². The maximum atomic E-state index is 12.2. The number of amides is 1. The molecule has 1 atom stereocenters. The molecule has 2 heterocycles. The fourth-order valence-electron chi connectivity index (χ4n) is 2.21. The zero-order chi connectivity index (χ0) is 11.4. The van der Waals surface area contributed by atoms with Crippen LogP contribution in [0.5, 0.6) is 0 Å². The first-order valence-corrected chi connectivity index (χ1v) is 6.06. The third-order valence-electron chi connectivity index (χ3n) is 3.25. The van der Waals surface area contributed by atoms with E-state index in [0.29, 0.717) is 13.2 Å². The zero-order valence-corrected chi connectivity index (χ0v) is 11.2. The molecule has 0 aromatic heterocycles. The predicted molar refractivity (Wildman–Crippen MR) is 68.6 cm³/mol. The molecule has 1 N–H and O–H groups in total. The summed E-state index contributed by atoms with van der Waals surface area (Å²) in [6, 6.07) is -0.128. The molecule has 6 heteroatoms. The number of rotatable bonds is 1. The lowest BCUT2D eigenvalue weighted by Crippen LogP contribution is -2.53. The zero-order valence-electron chi connectivity index (χ0n) is 10.4. The summed E-state index contributed by atoms with van der Waals surface area (Å²) in [6.45, 7) is 5.79. The predicted octanol–water partition coefficient (Wildman–Crippen LogP) is -0.439. The van der Waals surface area contributed by atoms with Crippen LogP contribution in [0.15, 0.2) is 0 Å². The van der Waals surface area contributed by atoms with Gasteiger partial charge in [0.1, 0.15) is 6.04 Å². The number of likely N-dealkylation sites (N-methyl/N-ethyl adjacent to an activating group) is 1. The Labute approximate surface area is 109 Å². The number of hydrogen-bond donors (Lipinski definition) is 1. The molecule has 0 aromatic carbocycles. The molecular weight excluding hydrogens is 242 g/mol. The van der Waals surface area contributed by atoms with Crippen molar-refractivity contribution in [3.63, 3.8) is 0 Å². The fourth-order valence-corrected chi connectivity index (χ4v) is 2.21. The summed E-state index contributed by atoms with van der Waals surface area (Å²) in [5.74, 6) is 0.204. The number of nitrogens with zero attached hydrogens (tertiary/aromatic N) is 2. The number of nitrogens with one attached hydrogen (secondary N) is 1. The van der Waals surface area contributed by atoms with Crippen molar-refractivity contribution in [3.8, 4) is 0 Å². The first-order chi connectivity index (χ1) is 7.77. The minimum Gasteiger partial charge on any atom is -0.378 e. The van der Waals surface area contributed by atoms with Crippen LogP contribution >= 0.6 is 12.4 Å². The lowest BCUT2D eigenvalue weighted by molar-refractivity contribution is -0.136. The molecule has 2 saturated heterocycles. The Hall–Kier alpha value is -0.360. The highest BCUT2D eigenvalue weighted by Gasteiger charge is 2.26. The molecule has 5 nitrogen and oxygen atoms in total. The molecule has 0 spiro atoms. The molecule has 17 heavy (non-hydrogen) atoms. The summed E-state index contributed by atoms with van der Waals surface area (Å²) >= 11 is 0. The molecule has 2 aliphatic rings. The van der Waals surface area contributed by atoms with Gasteiger partial charge in [0.05, 0.1) is 13.2 Å². The molecule has 1 unspecified atom stereocenters. The molecule has 0 bridgehead atoms. The van der Waals surface area contributed by atoms with Crippen molar-refractivity contribution in [2.45, 2.75) is 12.5 Å². The van der Waals surface area contributed by atoms with Gasteiger partial charge in [-0.1, -0.05) is 0 Å². The van der Waals surface area contributed by atoms with Gasteiger partial charge in [-0.15, -0.1) is 12.4 Å². The van der Waals surface area contributed by atoms with Crippen LogP contribution in [-0.4, -0.2) is 74.7 Å². The highest BCUT2D eigenvalue weighted by molar-refractivity contribution is 5.85. The second kappa shape index (κ2) is 7.16. The van der Waals surface area contributed by atoms with Crippen LogP contribution < -0.4 is 5.32 Å². The Balaban J connectivity index is 0.00000144. The van der Waals surface area contributed by atoms with Crippen molar-refractivity contribution in [2.75, 3.05) is 53.0 Å². The van der Waals surface area contributed by atoms with E-state index >= 15 is 0 Å². The Morgan fingerprint density at radius 2 is 2.12 bits per heavy atom.